The molecule has 1 aliphatic heterocycles. The molecule has 4 heterocycles. The number of morpholine rings is 1. The van der Waals surface area contributed by atoms with E-state index in [1.54, 1.807) is 0 Å². The molecule has 1 atom stereocenters. The highest BCUT2D eigenvalue weighted by atomic mass is 16.5. The largest absolute Gasteiger partial charge is 0.377 e. The number of aromatic nitrogens is 3. The van der Waals surface area contributed by atoms with Crippen molar-refractivity contribution in [1.29, 1.82) is 0 Å². The molecule has 0 saturated carbocycles. The minimum Gasteiger partial charge on any atom is -0.377 e. The van der Waals surface area contributed by atoms with Gasteiger partial charge in [0.15, 0.2) is 0 Å². The van der Waals surface area contributed by atoms with Crippen molar-refractivity contribution < 1.29 is 9.53 Å². The molecule has 0 bridgehead atoms. The molecule has 1 fully saturated rings. The van der Waals surface area contributed by atoms with Crippen molar-refractivity contribution in [1.82, 2.24) is 18.9 Å². The van der Waals surface area contributed by atoms with E-state index in [9.17, 15) is 4.79 Å². The van der Waals surface area contributed by atoms with Crippen LogP contribution in [-0.2, 0) is 23.0 Å². The molecule has 1 aliphatic rings. The number of pyridine rings is 1. The van der Waals surface area contributed by atoms with Crippen molar-refractivity contribution in [3.8, 4) is 0 Å². The Balaban J connectivity index is 1.56. The molecule has 0 aliphatic carbocycles. The molecule has 1 amide bonds. The molecule has 0 N–H and O–H groups in total. The van der Waals surface area contributed by atoms with Crippen molar-refractivity contribution >= 4 is 11.6 Å². The van der Waals surface area contributed by atoms with Crippen LogP contribution in [0.25, 0.3) is 5.65 Å². The van der Waals surface area contributed by atoms with Gasteiger partial charge in [0.05, 0.1) is 31.4 Å². The number of carbonyl (C=O) groups is 1. The Kier molecular flexibility index (Phi) is 3.82. The van der Waals surface area contributed by atoms with Gasteiger partial charge in [-0.25, -0.2) is 4.98 Å². The minimum absolute atomic E-state index is 0.0386. The summed E-state index contributed by atoms with van der Waals surface area (Å²) < 4.78 is 9.60. The van der Waals surface area contributed by atoms with Gasteiger partial charge in [-0.05, 0) is 24.3 Å². The zero-order valence-electron chi connectivity index (χ0n) is 13.6. The Labute approximate surface area is 140 Å². The third-order valence-electron chi connectivity index (χ3n) is 4.52. The average Bonchev–Trinajstić information content (AvgIpc) is 3.20. The number of imidazole rings is 1. The van der Waals surface area contributed by atoms with Gasteiger partial charge in [-0.15, -0.1) is 0 Å². The van der Waals surface area contributed by atoms with E-state index in [1.807, 2.05) is 69.8 Å². The molecule has 3 aromatic heterocycles. The fraction of sp³-hybridized carbons (Fsp3) is 0.333. The van der Waals surface area contributed by atoms with Crippen LogP contribution in [0.4, 0.5) is 0 Å². The van der Waals surface area contributed by atoms with E-state index in [0.29, 0.717) is 26.2 Å². The lowest BCUT2D eigenvalue weighted by molar-refractivity contribution is -0.139. The minimum atomic E-state index is -0.0386. The number of ether oxygens (including phenoxy) is 1. The van der Waals surface area contributed by atoms with E-state index in [1.165, 1.54) is 0 Å². The lowest BCUT2D eigenvalue weighted by atomic mass is 10.1. The summed E-state index contributed by atoms with van der Waals surface area (Å²) in [6.07, 6.45) is 6.17. The predicted octanol–water partition coefficient (Wildman–Crippen LogP) is 1.82. The van der Waals surface area contributed by atoms with Crippen LogP contribution in [0.3, 0.4) is 0 Å². The van der Waals surface area contributed by atoms with Gasteiger partial charge in [0.1, 0.15) is 5.65 Å². The van der Waals surface area contributed by atoms with Gasteiger partial charge in [0.2, 0.25) is 5.91 Å². The number of amides is 1. The summed E-state index contributed by atoms with van der Waals surface area (Å²) in [5.41, 5.74) is 2.75. The van der Waals surface area contributed by atoms with E-state index < -0.39 is 0 Å². The van der Waals surface area contributed by atoms with Crippen molar-refractivity contribution in [2.45, 2.75) is 12.5 Å². The van der Waals surface area contributed by atoms with Crippen molar-refractivity contribution in [2.75, 3.05) is 19.8 Å². The lowest BCUT2D eigenvalue weighted by Gasteiger charge is -2.36. The third-order valence-corrected chi connectivity index (χ3v) is 4.52. The van der Waals surface area contributed by atoms with Gasteiger partial charge in [0, 0.05) is 37.9 Å². The van der Waals surface area contributed by atoms with Crippen LogP contribution in [0.15, 0.2) is 48.9 Å². The summed E-state index contributed by atoms with van der Waals surface area (Å²) in [7, 11) is 1.99. The van der Waals surface area contributed by atoms with Crippen molar-refractivity contribution in [3.63, 3.8) is 0 Å². The smallest absolute Gasteiger partial charge is 0.229 e. The molecule has 1 unspecified atom stereocenters. The monoisotopic (exact) mass is 324 g/mol. The van der Waals surface area contributed by atoms with Crippen LogP contribution in [0.2, 0.25) is 0 Å². The second-order valence-electron chi connectivity index (χ2n) is 6.10. The van der Waals surface area contributed by atoms with Gasteiger partial charge in [0.25, 0.3) is 0 Å². The second kappa shape index (κ2) is 6.13. The van der Waals surface area contributed by atoms with Gasteiger partial charge in [-0.3, -0.25) is 4.79 Å². The molecule has 124 valence electrons. The highest BCUT2D eigenvalue weighted by Crippen LogP contribution is 2.25. The molecule has 6 nitrogen and oxygen atoms in total. The quantitative estimate of drug-likeness (QED) is 0.738. The summed E-state index contributed by atoms with van der Waals surface area (Å²) >= 11 is 0. The molecule has 0 aromatic carbocycles. The number of aryl methyl sites for hydroxylation is 1. The Morgan fingerprint density at radius 2 is 2.21 bits per heavy atom. The van der Waals surface area contributed by atoms with Crippen LogP contribution in [0.5, 0.6) is 0 Å². The molecule has 1 saturated heterocycles. The summed E-state index contributed by atoms with van der Waals surface area (Å²) in [6.45, 7) is 1.73. The van der Waals surface area contributed by atoms with E-state index >= 15 is 0 Å². The van der Waals surface area contributed by atoms with Gasteiger partial charge < -0.3 is 18.6 Å². The molecule has 0 spiro atoms. The zero-order valence-corrected chi connectivity index (χ0v) is 13.6. The molecule has 4 rings (SSSR count). The van der Waals surface area contributed by atoms with Gasteiger partial charge >= 0.3 is 0 Å². The standard InChI is InChI=1S/C18H20N4O2/c1-20-7-4-5-15(20)16-13-24-10-9-22(16)18(23)11-14-12-21-8-3-2-6-17(21)19-14/h2-8,12,16H,9-11,13H2,1H3. The van der Waals surface area contributed by atoms with E-state index in [4.69, 9.17) is 4.74 Å². The number of rotatable bonds is 3. The third kappa shape index (κ3) is 2.69. The zero-order chi connectivity index (χ0) is 16.5. The van der Waals surface area contributed by atoms with Crippen LogP contribution in [0, 0.1) is 0 Å². The Morgan fingerprint density at radius 3 is 3.00 bits per heavy atom. The number of hydrogen-bond acceptors (Lipinski definition) is 3. The second-order valence-corrected chi connectivity index (χ2v) is 6.10. The van der Waals surface area contributed by atoms with E-state index in [-0.39, 0.29) is 11.9 Å². The molecule has 24 heavy (non-hydrogen) atoms. The normalized spacial score (nSPS) is 18.2. The van der Waals surface area contributed by atoms with Crippen molar-refractivity contribution in [2.24, 2.45) is 7.05 Å². The average molecular weight is 324 g/mol. The fourth-order valence-electron chi connectivity index (χ4n) is 3.30. The van der Waals surface area contributed by atoms with Crippen LogP contribution < -0.4 is 0 Å². The number of nitrogens with zero attached hydrogens (tertiary/aromatic N) is 4. The predicted molar refractivity (Wildman–Crippen MR) is 89.6 cm³/mol. The van der Waals surface area contributed by atoms with Crippen LogP contribution in [-0.4, -0.2) is 44.5 Å². The molecule has 3 aromatic rings. The Hall–Kier alpha value is -2.60. The Morgan fingerprint density at radius 1 is 1.29 bits per heavy atom. The summed E-state index contributed by atoms with van der Waals surface area (Å²) in [5.74, 6) is 0.0907. The summed E-state index contributed by atoms with van der Waals surface area (Å²) in [6, 6.07) is 9.84. The first-order valence-electron chi connectivity index (χ1n) is 8.13. The SMILES string of the molecule is Cn1cccc1C1COCCN1C(=O)Cc1cn2ccccc2n1. The number of carbonyl (C=O) groups excluding carboxylic acids is 1. The summed E-state index contributed by atoms with van der Waals surface area (Å²) in [5, 5.41) is 0. The first-order valence-corrected chi connectivity index (χ1v) is 8.13. The fourth-order valence-corrected chi connectivity index (χ4v) is 3.30. The maximum atomic E-state index is 12.9. The van der Waals surface area contributed by atoms with Crippen LogP contribution in [0.1, 0.15) is 17.4 Å². The molecule has 0 radical (unpaired) electrons. The molecular weight excluding hydrogens is 304 g/mol. The van der Waals surface area contributed by atoms with E-state index in [2.05, 4.69) is 4.98 Å². The molecule has 6 heteroatoms. The van der Waals surface area contributed by atoms with Gasteiger partial charge in [-0.1, -0.05) is 6.07 Å². The van der Waals surface area contributed by atoms with Crippen molar-refractivity contribution in [3.05, 3.63) is 60.3 Å². The Bertz CT molecular complexity index is 834. The highest BCUT2D eigenvalue weighted by Gasteiger charge is 2.30. The number of fused-ring (bicyclic) bond motifs is 1. The maximum Gasteiger partial charge on any atom is 0.229 e. The topological polar surface area (TPSA) is 51.8 Å². The molecular formula is C18H20N4O2. The van der Waals surface area contributed by atoms with Gasteiger partial charge in [-0.2, -0.15) is 0 Å². The van der Waals surface area contributed by atoms with E-state index in [0.717, 1.165) is 17.0 Å². The number of hydrogen-bond donors (Lipinski definition) is 0. The highest BCUT2D eigenvalue weighted by molar-refractivity contribution is 5.79. The first kappa shape index (κ1) is 15.0. The lowest BCUT2D eigenvalue weighted by Crippen LogP contribution is -2.44. The summed E-state index contributed by atoms with van der Waals surface area (Å²) in [4.78, 5) is 19.3. The maximum absolute atomic E-state index is 12.9. The first-order chi connectivity index (χ1) is 11.7. The van der Waals surface area contributed by atoms with Crippen LogP contribution >= 0.6 is 0 Å².